The van der Waals surface area contributed by atoms with Gasteiger partial charge in [0.05, 0.1) is 11.1 Å². The molecule has 0 spiro atoms. The first kappa shape index (κ1) is 30.8. The van der Waals surface area contributed by atoms with Gasteiger partial charge in [-0.15, -0.1) is 0 Å². The van der Waals surface area contributed by atoms with Crippen LogP contribution in [0, 0.1) is 0 Å². The molecule has 0 radical (unpaired) electrons. The Balaban J connectivity index is 1.34. The predicted molar refractivity (Wildman–Crippen MR) is 145 cm³/mol. The number of amides is 2. The summed E-state index contributed by atoms with van der Waals surface area (Å²) in [4.78, 5) is 36.9. The van der Waals surface area contributed by atoms with Gasteiger partial charge in [0, 0.05) is 17.7 Å². The van der Waals surface area contributed by atoms with Crippen LogP contribution in [0.2, 0.25) is 0 Å². The van der Waals surface area contributed by atoms with E-state index in [1.807, 2.05) is 0 Å². The Morgan fingerprint density at radius 2 is 0.884 bits per heavy atom. The second-order valence-corrected chi connectivity index (χ2v) is 9.38. The van der Waals surface area contributed by atoms with Gasteiger partial charge in [-0.1, -0.05) is 48.5 Å². The molecule has 0 saturated carbocycles. The lowest BCUT2D eigenvalue weighted by Gasteiger charge is -2.16. The van der Waals surface area contributed by atoms with Crippen LogP contribution < -0.4 is 10.6 Å². The van der Waals surface area contributed by atoms with E-state index in [-0.39, 0.29) is 11.1 Å². The molecule has 4 aromatic carbocycles. The molecule has 0 aromatic heterocycles. The van der Waals surface area contributed by atoms with Gasteiger partial charge in [-0.05, 0) is 70.8 Å². The van der Waals surface area contributed by atoms with E-state index in [2.05, 4.69) is 10.6 Å². The molecule has 0 aliphatic rings. The van der Waals surface area contributed by atoms with E-state index in [4.69, 9.17) is 0 Å². The van der Waals surface area contributed by atoms with Crippen LogP contribution in [0.3, 0.4) is 0 Å². The summed E-state index contributed by atoms with van der Waals surface area (Å²) in [5, 5.41) is 14.3. The monoisotopic (exact) mass is 600 g/mol. The SMILES string of the molecule is O=C(NCC(NC(=O)c1ccc(-c2ccc(C(F)(F)F)cc2)cc1)C(=O)O)c1ccc(-c2ccc(C(F)(F)F)cc2)cc1. The van der Waals surface area contributed by atoms with Crippen molar-refractivity contribution in [3.8, 4) is 22.3 Å². The molecule has 0 aliphatic heterocycles. The molecular weight excluding hydrogens is 578 g/mol. The summed E-state index contributed by atoms with van der Waals surface area (Å²) in [7, 11) is 0. The number of hydrogen-bond donors (Lipinski definition) is 3. The van der Waals surface area contributed by atoms with E-state index in [9.17, 15) is 45.8 Å². The Bertz CT molecular complexity index is 1600. The number of rotatable bonds is 8. The molecule has 3 N–H and O–H groups in total. The second-order valence-electron chi connectivity index (χ2n) is 9.38. The molecule has 2 amide bonds. The number of carbonyl (C=O) groups excluding carboxylic acids is 2. The summed E-state index contributed by atoms with van der Waals surface area (Å²) in [6.07, 6.45) is -8.93. The van der Waals surface area contributed by atoms with Crippen LogP contribution in [0.4, 0.5) is 26.3 Å². The molecule has 222 valence electrons. The maximum atomic E-state index is 12.8. The lowest BCUT2D eigenvalue weighted by Crippen LogP contribution is -2.48. The fraction of sp³-hybridized carbons (Fsp3) is 0.129. The van der Waals surface area contributed by atoms with Crippen molar-refractivity contribution >= 4 is 17.8 Å². The third kappa shape index (κ3) is 7.79. The van der Waals surface area contributed by atoms with Crippen LogP contribution in [0.25, 0.3) is 22.3 Å². The number of nitrogens with one attached hydrogen (secondary N) is 2. The number of carbonyl (C=O) groups is 3. The van der Waals surface area contributed by atoms with E-state index < -0.39 is 53.8 Å². The lowest BCUT2D eigenvalue weighted by molar-refractivity contribution is -0.139. The van der Waals surface area contributed by atoms with Gasteiger partial charge in [0.2, 0.25) is 0 Å². The first-order valence-corrected chi connectivity index (χ1v) is 12.6. The Kier molecular flexibility index (Phi) is 8.88. The number of carboxylic acid groups (broad SMARTS) is 1. The molecule has 0 fully saturated rings. The second kappa shape index (κ2) is 12.4. The molecule has 12 heteroatoms. The number of alkyl halides is 6. The van der Waals surface area contributed by atoms with Crippen LogP contribution >= 0.6 is 0 Å². The normalized spacial score (nSPS) is 12.3. The summed E-state index contributed by atoms with van der Waals surface area (Å²) in [6, 6.07) is 19.2. The van der Waals surface area contributed by atoms with Crippen molar-refractivity contribution in [2.24, 2.45) is 0 Å². The maximum absolute atomic E-state index is 12.8. The Morgan fingerprint density at radius 1 is 0.558 bits per heavy atom. The van der Waals surface area contributed by atoms with Crippen molar-refractivity contribution in [3.63, 3.8) is 0 Å². The van der Waals surface area contributed by atoms with Gasteiger partial charge < -0.3 is 15.7 Å². The Morgan fingerprint density at radius 3 is 1.21 bits per heavy atom. The largest absolute Gasteiger partial charge is 0.480 e. The molecule has 4 rings (SSSR count). The fourth-order valence-electron chi connectivity index (χ4n) is 4.07. The van der Waals surface area contributed by atoms with Crippen LogP contribution in [-0.2, 0) is 17.1 Å². The van der Waals surface area contributed by atoms with Crippen molar-refractivity contribution < 1.29 is 45.8 Å². The zero-order valence-corrected chi connectivity index (χ0v) is 22.0. The van der Waals surface area contributed by atoms with E-state index in [0.717, 1.165) is 24.3 Å². The summed E-state index contributed by atoms with van der Waals surface area (Å²) in [5.74, 6) is -2.80. The highest BCUT2D eigenvalue weighted by Gasteiger charge is 2.31. The Labute approximate surface area is 241 Å². The fourth-order valence-corrected chi connectivity index (χ4v) is 4.07. The highest BCUT2D eigenvalue weighted by atomic mass is 19.4. The average Bonchev–Trinajstić information content (AvgIpc) is 2.98. The van der Waals surface area contributed by atoms with E-state index >= 15 is 0 Å². The van der Waals surface area contributed by atoms with E-state index in [1.165, 1.54) is 72.8 Å². The van der Waals surface area contributed by atoms with Crippen molar-refractivity contribution in [2.75, 3.05) is 6.54 Å². The molecule has 0 saturated heterocycles. The van der Waals surface area contributed by atoms with Crippen LogP contribution in [0.15, 0.2) is 97.1 Å². The molecule has 1 unspecified atom stereocenters. The molecule has 6 nitrogen and oxygen atoms in total. The number of carboxylic acids is 1. The summed E-state index contributed by atoms with van der Waals surface area (Å²) in [6.45, 7) is -0.454. The minimum absolute atomic E-state index is 0.0899. The van der Waals surface area contributed by atoms with Gasteiger partial charge in [-0.2, -0.15) is 26.3 Å². The smallest absolute Gasteiger partial charge is 0.416 e. The highest BCUT2D eigenvalue weighted by molar-refractivity contribution is 5.98. The van der Waals surface area contributed by atoms with Crippen LogP contribution in [0.1, 0.15) is 31.8 Å². The van der Waals surface area contributed by atoms with Gasteiger partial charge in [0.25, 0.3) is 11.8 Å². The number of aliphatic carboxylic acids is 1. The quantitative estimate of drug-likeness (QED) is 0.197. The number of halogens is 6. The standard InChI is InChI=1S/C31H22F6N2O4/c32-30(33,34)24-13-9-20(10-14-24)18-1-5-22(6-2-18)27(40)38-17-26(29(42)43)39-28(41)23-7-3-19(4-8-23)21-11-15-25(16-12-21)31(35,36)37/h1-16,26H,17H2,(H,38,40)(H,39,41)(H,42,43). The first-order chi connectivity index (χ1) is 20.2. The highest BCUT2D eigenvalue weighted by Crippen LogP contribution is 2.32. The molecule has 0 heterocycles. The van der Waals surface area contributed by atoms with Gasteiger partial charge in [-0.3, -0.25) is 9.59 Å². The van der Waals surface area contributed by atoms with Crippen LogP contribution in [0.5, 0.6) is 0 Å². The Hall–Kier alpha value is -5.13. The molecular formula is C31H22F6N2O4. The summed E-state index contributed by atoms with van der Waals surface area (Å²) >= 11 is 0. The summed E-state index contributed by atoms with van der Waals surface area (Å²) in [5.41, 5.74) is 0.746. The third-order valence-corrected chi connectivity index (χ3v) is 6.46. The zero-order valence-electron chi connectivity index (χ0n) is 22.0. The lowest BCUT2D eigenvalue weighted by atomic mass is 10.0. The van der Waals surface area contributed by atoms with Gasteiger partial charge in [-0.25, -0.2) is 4.79 Å². The minimum atomic E-state index is -4.47. The number of hydrogen-bond acceptors (Lipinski definition) is 3. The van der Waals surface area contributed by atoms with Gasteiger partial charge in [0.15, 0.2) is 0 Å². The van der Waals surface area contributed by atoms with Gasteiger partial charge >= 0.3 is 18.3 Å². The molecule has 1 atom stereocenters. The molecule has 0 aliphatic carbocycles. The van der Waals surface area contributed by atoms with Crippen molar-refractivity contribution in [1.82, 2.24) is 10.6 Å². The van der Waals surface area contributed by atoms with Crippen molar-refractivity contribution in [1.29, 1.82) is 0 Å². The van der Waals surface area contributed by atoms with Crippen LogP contribution in [-0.4, -0.2) is 35.5 Å². The van der Waals surface area contributed by atoms with E-state index in [1.54, 1.807) is 0 Å². The van der Waals surface area contributed by atoms with Crippen molar-refractivity contribution in [2.45, 2.75) is 18.4 Å². The van der Waals surface area contributed by atoms with E-state index in [0.29, 0.717) is 22.3 Å². The molecule has 43 heavy (non-hydrogen) atoms. The predicted octanol–water partition coefficient (Wildman–Crippen LogP) is 6.67. The maximum Gasteiger partial charge on any atom is 0.416 e. The topological polar surface area (TPSA) is 95.5 Å². The molecule has 4 aromatic rings. The first-order valence-electron chi connectivity index (χ1n) is 12.6. The zero-order chi connectivity index (χ0) is 31.4. The minimum Gasteiger partial charge on any atom is -0.480 e. The third-order valence-electron chi connectivity index (χ3n) is 6.46. The van der Waals surface area contributed by atoms with Gasteiger partial charge in [0.1, 0.15) is 6.04 Å². The summed E-state index contributed by atoms with van der Waals surface area (Å²) < 4.78 is 76.7. The average molecular weight is 601 g/mol. The van der Waals surface area contributed by atoms with Crippen molar-refractivity contribution in [3.05, 3.63) is 119 Å². The molecule has 0 bridgehead atoms. The number of benzene rings is 4.